The molecule has 6 heteroatoms. The molecule has 2 amide bonds. The Labute approximate surface area is 128 Å². The lowest BCUT2D eigenvalue weighted by molar-refractivity contribution is 0.262. The zero-order valence-electron chi connectivity index (χ0n) is 9.58. The second-order valence-corrected chi connectivity index (χ2v) is 5.40. The van der Waals surface area contributed by atoms with Crippen molar-refractivity contribution in [2.24, 2.45) is 0 Å². The standard InChI is InChI=1S/C13H9ClFIN2O/c14-8-2-1-3-10(6-8)17-13(19)18-12-5-4-9(16)7-11(12)15/h1-7H,(H2,17,18,19). The molecule has 0 spiro atoms. The maximum absolute atomic E-state index is 13.5. The van der Waals surface area contributed by atoms with Gasteiger partial charge in [0.1, 0.15) is 5.82 Å². The van der Waals surface area contributed by atoms with Crippen molar-refractivity contribution in [3.05, 3.63) is 56.9 Å². The monoisotopic (exact) mass is 390 g/mol. The highest BCUT2D eigenvalue weighted by Gasteiger charge is 2.07. The van der Waals surface area contributed by atoms with Crippen LogP contribution in [0.3, 0.4) is 0 Å². The van der Waals surface area contributed by atoms with Gasteiger partial charge in [0, 0.05) is 14.3 Å². The predicted octanol–water partition coefficient (Wildman–Crippen LogP) is 4.73. The molecule has 0 aliphatic rings. The SMILES string of the molecule is O=C(Nc1cccc(Cl)c1)Nc1ccc(I)cc1F. The molecular formula is C13H9ClFIN2O. The number of carbonyl (C=O) groups is 1. The van der Waals surface area contributed by atoms with E-state index in [0.717, 1.165) is 3.57 Å². The fraction of sp³-hybridized carbons (Fsp3) is 0. The van der Waals surface area contributed by atoms with Crippen LogP contribution in [0, 0.1) is 9.39 Å². The number of rotatable bonds is 2. The molecule has 0 aliphatic heterocycles. The Hall–Kier alpha value is -1.34. The second-order valence-electron chi connectivity index (χ2n) is 3.71. The van der Waals surface area contributed by atoms with Gasteiger partial charge in [-0.05, 0) is 59.0 Å². The van der Waals surface area contributed by atoms with Gasteiger partial charge in [0.2, 0.25) is 0 Å². The molecule has 0 atom stereocenters. The minimum absolute atomic E-state index is 0.125. The zero-order chi connectivity index (χ0) is 13.8. The van der Waals surface area contributed by atoms with Crippen LogP contribution >= 0.6 is 34.2 Å². The van der Waals surface area contributed by atoms with Crippen LogP contribution in [0.5, 0.6) is 0 Å². The Morgan fingerprint density at radius 2 is 1.95 bits per heavy atom. The van der Waals surface area contributed by atoms with E-state index in [-0.39, 0.29) is 5.69 Å². The van der Waals surface area contributed by atoms with Crippen molar-refractivity contribution < 1.29 is 9.18 Å². The van der Waals surface area contributed by atoms with E-state index in [1.807, 2.05) is 22.6 Å². The molecule has 0 saturated carbocycles. The van der Waals surface area contributed by atoms with Gasteiger partial charge in [0.25, 0.3) is 0 Å². The molecule has 0 aliphatic carbocycles. The summed E-state index contributed by atoms with van der Waals surface area (Å²) in [6, 6.07) is 10.7. The van der Waals surface area contributed by atoms with Gasteiger partial charge in [-0.25, -0.2) is 9.18 Å². The van der Waals surface area contributed by atoms with Gasteiger partial charge >= 0.3 is 6.03 Å². The zero-order valence-corrected chi connectivity index (χ0v) is 12.5. The minimum atomic E-state index is -0.526. The van der Waals surface area contributed by atoms with Crippen LogP contribution in [-0.4, -0.2) is 6.03 Å². The smallest absolute Gasteiger partial charge is 0.308 e. The van der Waals surface area contributed by atoms with Crippen molar-refractivity contribution in [3.8, 4) is 0 Å². The maximum atomic E-state index is 13.5. The van der Waals surface area contributed by atoms with Gasteiger partial charge in [-0.1, -0.05) is 17.7 Å². The Morgan fingerprint density at radius 3 is 2.63 bits per heavy atom. The third-order valence-corrected chi connectivity index (χ3v) is 3.17. The Kier molecular flexibility index (Phi) is 4.60. The molecule has 98 valence electrons. The van der Waals surface area contributed by atoms with Crippen LogP contribution in [0.25, 0.3) is 0 Å². The van der Waals surface area contributed by atoms with Crippen molar-refractivity contribution in [1.29, 1.82) is 0 Å². The molecular weight excluding hydrogens is 382 g/mol. The van der Waals surface area contributed by atoms with Crippen molar-refractivity contribution in [2.75, 3.05) is 10.6 Å². The van der Waals surface area contributed by atoms with Crippen LogP contribution in [0.15, 0.2) is 42.5 Å². The number of hydrogen-bond donors (Lipinski definition) is 2. The fourth-order valence-electron chi connectivity index (χ4n) is 1.44. The van der Waals surface area contributed by atoms with Gasteiger partial charge in [0.15, 0.2) is 0 Å². The maximum Gasteiger partial charge on any atom is 0.323 e. The summed E-state index contributed by atoms with van der Waals surface area (Å²) in [6.45, 7) is 0. The van der Waals surface area contributed by atoms with Crippen LogP contribution < -0.4 is 10.6 Å². The van der Waals surface area contributed by atoms with E-state index in [9.17, 15) is 9.18 Å². The third-order valence-electron chi connectivity index (χ3n) is 2.26. The summed E-state index contributed by atoms with van der Waals surface area (Å²) < 4.78 is 14.3. The molecule has 0 aromatic heterocycles. The minimum Gasteiger partial charge on any atom is -0.308 e. The lowest BCUT2D eigenvalue weighted by Crippen LogP contribution is -2.20. The van der Waals surface area contributed by atoms with Crippen molar-refractivity contribution in [3.63, 3.8) is 0 Å². The molecule has 0 unspecified atom stereocenters. The number of carbonyl (C=O) groups excluding carboxylic acids is 1. The normalized spacial score (nSPS) is 10.1. The van der Waals surface area contributed by atoms with Gasteiger partial charge in [-0.3, -0.25) is 0 Å². The summed E-state index contributed by atoms with van der Waals surface area (Å²) in [4.78, 5) is 11.7. The van der Waals surface area contributed by atoms with E-state index < -0.39 is 11.8 Å². The van der Waals surface area contributed by atoms with Gasteiger partial charge in [0.05, 0.1) is 5.69 Å². The van der Waals surface area contributed by atoms with Gasteiger partial charge < -0.3 is 10.6 Å². The number of hydrogen-bond acceptors (Lipinski definition) is 1. The third kappa shape index (κ3) is 4.07. The summed E-state index contributed by atoms with van der Waals surface area (Å²) in [5, 5.41) is 5.52. The first kappa shape index (κ1) is 14.1. The quantitative estimate of drug-likeness (QED) is 0.715. The molecule has 0 saturated heterocycles. The Morgan fingerprint density at radius 1 is 1.16 bits per heavy atom. The number of benzene rings is 2. The predicted molar refractivity (Wildman–Crippen MR) is 83.2 cm³/mol. The van der Waals surface area contributed by atoms with E-state index in [2.05, 4.69) is 10.6 Å². The van der Waals surface area contributed by atoms with E-state index >= 15 is 0 Å². The first-order valence-electron chi connectivity index (χ1n) is 5.33. The molecule has 2 rings (SSSR count). The first-order valence-corrected chi connectivity index (χ1v) is 6.79. The average molecular weight is 391 g/mol. The van der Waals surface area contributed by atoms with Crippen molar-refractivity contribution in [1.82, 2.24) is 0 Å². The number of anilines is 2. The van der Waals surface area contributed by atoms with Crippen LogP contribution in [-0.2, 0) is 0 Å². The largest absolute Gasteiger partial charge is 0.323 e. The molecule has 2 N–H and O–H groups in total. The molecule has 0 bridgehead atoms. The Balaban J connectivity index is 2.05. The number of urea groups is 1. The molecule has 0 fully saturated rings. The van der Waals surface area contributed by atoms with Crippen molar-refractivity contribution >= 4 is 51.6 Å². The summed E-state index contributed by atoms with van der Waals surface area (Å²) in [7, 11) is 0. The second kappa shape index (κ2) is 6.21. The topological polar surface area (TPSA) is 41.1 Å². The number of halogens is 3. The van der Waals surface area contributed by atoms with Crippen LogP contribution in [0.4, 0.5) is 20.6 Å². The van der Waals surface area contributed by atoms with Crippen molar-refractivity contribution in [2.45, 2.75) is 0 Å². The fourth-order valence-corrected chi connectivity index (χ4v) is 2.09. The lowest BCUT2D eigenvalue weighted by atomic mass is 10.3. The number of nitrogens with one attached hydrogen (secondary N) is 2. The highest BCUT2D eigenvalue weighted by atomic mass is 127. The van der Waals surface area contributed by atoms with E-state index in [4.69, 9.17) is 11.6 Å². The van der Waals surface area contributed by atoms with E-state index in [1.54, 1.807) is 30.3 Å². The number of amides is 2. The summed E-state index contributed by atoms with van der Waals surface area (Å²) in [5.41, 5.74) is 0.663. The molecule has 0 radical (unpaired) electrons. The lowest BCUT2D eigenvalue weighted by Gasteiger charge is -2.08. The molecule has 19 heavy (non-hydrogen) atoms. The Bertz CT molecular complexity index is 621. The average Bonchev–Trinajstić information content (AvgIpc) is 2.33. The van der Waals surface area contributed by atoms with Crippen LogP contribution in [0.1, 0.15) is 0 Å². The first-order chi connectivity index (χ1) is 9.04. The van der Waals surface area contributed by atoms with Gasteiger partial charge in [-0.2, -0.15) is 0 Å². The summed E-state index contributed by atoms with van der Waals surface area (Å²) in [5.74, 6) is -0.479. The van der Waals surface area contributed by atoms with E-state index in [1.165, 1.54) is 12.1 Å². The van der Waals surface area contributed by atoms with Crippen LogP contribution in [0.2, 0.25) is 5.02 Å². The highest BCUT2D eigenvalue weighted by molar-refractivity contribution is 14.1. The summed E-state index contributed by atoms with van der Waals surface area (Å²) >= 11 is 7.79. The molecule has 2 aromatic carbocycles. The van der Waals surface area contributed by atoms with Gasteiger partial charge in [-0.15, -0.1) is 0 Å². The summed E-state index contributed by atoms with van der Waals surface area (Å²) in [6.07, 6.45) is 0. The molecule has 3 nitrogen and oxygen atoms in total. The van der Waals surface area contributed by atoms with E-state index in [0.29, 0.717) is 10.7 Å². The highest BCUT2D eigenvalue weighted by Crippen LogP contribution is 2.18. The molecule has 2 aromatic rings. The molecule has 0 heterocycles.